The number of nitrogens with one attached hydrogen (secondary N) is 1. The molecule has 0 saturated heterocycles. The van der Waals surface area contributed by atoms with Crippen LogP contribution in [-0.2, 0) is 17.8 Å². The van der Waals surface area contributed by atoms with E-state index in [9.17, 15) is 4.79 Å². The van der Waals surface area contributed by atoms with Crippen LogP contribution in [0.2, 0.25) is 0 Å². The van der Waals surface area contributed by atoms with E-state index in [1.54, 1.807) is 6.92 Å². The maximum Gasteiger partial charge on any atom is 0.246 e. The summed E-state index contributed by atoms with van der Waals surface area (Å²) in [5, 5.41) is 2.87. The third-order valence-electron chi connectivity index (χ3n) is 4.48. The second-order valence-corrected chi connectivity index (χ2v) is 6.68. The van der Waals surface area contributed by atoms with Crippen molar-refractivity contribution in [3.05, 3.63) is 66.5 Å². The molecule has 2 aromatic carbocycles. The third-order valence-corrected chi connectivity index (χ3v) is 4.48. The summed E-state index contributed by atoms with van der Waals surface area (Å²) in [5.74, 6) is 2.25. The summed E-state index contributed by atoms with van der Waals surface area (Å²) in [6, 6.07) is 15.7. The quantitative estimate of drug-likeness (QED) is 0.533. The molecular weight excluding hydrogens is 366 g/mol. The molecule has 1 heterocycles. The molecule has 0 atom stereocenters. The number of amides is 1. The lowest BCUT2D eigenvalue weighted by Crippen LogP contribution is -2.27. The number of nitrogens with zero attached hydrogens (tertiary/aromatic N) is 2. The minimum absolute atomic E-state index is 0.136. The first-order valence-corrected chi connectivity index (χ1v) is 9.82. The molecule has 0 radical (unpaired) electrons. The van der Waals surface area contributed by atoms with Crippen LogP contribution < -0.4 is 14.8 Å². The van der Waals surface area contributed by atoms with Gasteiger partial charge >= 0.3 is 0 Å². The fraction of sp³-hybridized carbons (Fsp3) is 0.304. The molecule has 0 aliphatic rings. The highest BCUT2D eigenvalue weighted by atomic mass is 16.5. The summed E-state index contributed by atoms with van der Waals surface area (Å²) in [4.78, 5) is 16.5. The zero-order chi connectivity index (χ0) is 20.6. The van der Waals surface area contributed by atoms with Gasteiger partial charge in [-0.15, -0.1) is 0 Å². The molecule has 0 bridgehead atoms. The molecule has 0 fully saturated rings. The third kappa shape index (κ3) is 5.16. The molecular formula is C23H27N3O3. The van der Waals surface area contributed by atoms with Gasteiger partial charge in [-0.25, -0.2) is 4.98 Å². The topological polar surface area (TPSA) is 65.4 Å². The molecule has 0 aliphatic heterocycles. The SMILES string of the molecule is C=C(C)C(=O)NCCc1nc2ccccc2n1CCOc1ccccc1OCC. The molecule has 1 N–H and O–H groups in total. The lowest BCUT2D eigenvalue weighted by Gasteiger charge is -2.13. The summed E-state index contributed by atoms with van der Waals surface area (Å²) in [6.45, 7) is 9.53. The molecule has 0 aliphatic carbocycles. The van der Waals surface area contributed by atoms with Gasteiger partial charge in [0.2, 0.25) is 5.91 Å². The van der Waals surface area contributed by atoms with Crippen molar-refractivity contribution in [2.75, 3.05) is 19.8 Å². The molecule has 0 unspecified atom stereocenters. The Morgan fingerprint density at radius 1 is 1.10 bits per heavy atom. The van der Waals surface area contributed by atoms with Crippen molar-refractivity contribution in [1.82, 2.24) is 14.9 Å². The highest BCUT2D eigenvalue weighted by Crippen LogP contribution is 2.26. The van der Waals surface area contributed by atoms with Crippen LogP contribution in [0, 0.1) is 0 Å². The molecule has 1 aromatic heterocycles. The number of carbonyl (C=O) groups is 1. The van der Waals surface area contributed by atoms with Gasteiger partial charge in [0.05, 0.1) is 24.2 Å². The van der Waals surface area contributed by atoms with Crippen LogP contribution >= 0.6 is 0 Å². The molecule has 29 heavy (non-hydrogen) atoms. The number of fused-ring (bicyclic) bond motifs is 1. The smallest absolute Gasteiger partial charge is 0.246 e. The number of imidazole rings is 1. The zero-order valence-corrected chi connectivity index (χ0v) is 17.0. The average molecular weight is 393 g/mol. The lowest BCUT2D eigenvalue weighted by molar-refractivity contribution is -0.117. The number of benzene rings is 2. The lowest BCUT2D eigenvalue weighted by atomic mass is 10.3. The van der Waals surface area contributed by atoms with E-state index < -0.39 is 0 Å². The van der Waals surface area contributed by atoms with Crippen LogP contribution in [0.3, 0.4) is 0 Å². The van der Waals surface area contributed by atoms with Crippen molar-refractivity contribution in [3.8, 4) is 11.5 Å². The number of para-hydroxylation sites is 4. The van der Waals surface area contributed by atoms with E-state index in [4.69, 9.17) is 14.5 Å². The Bertz CT molecular complexity index is 994. The maximum atomic E-state index is 11.7. The molecule has 0 spiro atoms. The van der Waals surface area contributed by atoms with Gasteiger partial charge in [0, 0.05) is 18.5 Å². The number of carbonyl (C=O) groups excluding carboxylic acids is 1. The van der Waals surface area contributed by atoms with Crippen LogP contribution in [0.4, 0.5) is 0 Å². The Balaban J connectivity index is 1.71. The summed E-state index contributed by atoms with van der Waals surface area (Å²) in [7, 11) is 0. The van der Waals surface area contributed by atoms with Crippen LogP contribution in [-0.4, -0.2) is 35.2 Å². The van der Waals surface area contributed by atoms with E-state index in [-0.39, 0.29) is 5.91 Å². The van der Waals surface area contributed by atoms with Gasteiger partial charge in [-0.3, -0.25) is 4.79 Å². The van der Waals surface area contributed by atoms with E-state index in [1.807, 2.05) is 55.5 Å². The van der Waals surface area contributed by atoms with Crippen molar-refractivity contribution in [2.45, 2.75) is 26.8 Å². The molecule has 3 rings (SSSR count). The standard InChI is InChI=1S/C23H27N3O3/c1-4-28-20-11-7-8-12-21(20)29-16-15-26-19-10-6-5-9-18(19)25-22(26)13-14-24-23(27)17(2)3/h5-12H,2,4,13-16H2,1,3H3,(H,24,27). The van der Waals surface area contributed by atoms with Crippen molar-refractivity contribution in [1.29, 1.82) is 0 Å². The van der Waals surface area contributed by atoms with Crippen LogP contribution in [0.15, 0.2) is 60.7 Å². The second kappa shape index (κ2) is 9.78. The summed E-state index contributed by atoms with van der Waals surface area (Å²) in [5.41, 5.74) is 2.48. The van der Waals surface area contributed by atoms with Crippen molar-refractivity contribution >= 4 is 16.9 Å². The fourth-order valence-corrected chi connectivity index (χ4v) is 3.10. The van der Waals surface area contributed by atoms with Gasteiger partial charge in [0.1, 0.15) is 12.4 Å². The maximum absolute atomic E-state index is 11.7. The monoisotopic (exact) mass is 393 g/mol. The van der Waals surface area contributed by atoms with Gasteiger partial charge in [-0.1, -0.05) is 30.8 Å². The van der Waals surface area contributed by atoms with Gasteiger partial charge in [-0.05, 0) is 38.1 Å². The first-order chi connectivity index (χ1) is 14.1. The number of hydrogen-bond acceptors (Lipinski definition) is 4. The highest BCUT2D eigenvalue weighted by Gasteiger charge is 2.12. The van der Waals surface area contributed by atoms with E-state index in [0.29, 0.717) is 38.3 Å². The summed E-state index contributed by atoms with van der Waals surface area (Å²) in [6.07, 6.45) is 0.628. The predicted octanol–water partition coefficient (Wildman–Crippen LogP) is 3.75. The number of hydrogen-bond donors (Lipinski definition) is 1. The van der Waals surface area contributed by atoms with E-state index in [2.05, 4.69) is 16.5 Å². The molecule has 3 aromatic rings. The van der Waals surface area contributed by atoms with Crippen molar-refractivity contribution < 1.29 is 14.3 Å². The Hall–Kier alpha value is -3.28. The predicted molar refractivity (Wildman–Crippen MR) is 114 cm³/mol. The van der Waals surface area contributed by atoms with Crippen LogP contribution in [0.5, 0.6) is 11.5 Å². The molecule has 6 nitrogen and oxygen atoms in total. The van der Waals surface area contributed by atoms with Crippen molar-refractivity contribution in [2.24, 2.45) is 0 Å². The second-order valence-electron chi connectivity index (χ2n) is 6.68. The minimum Gasteiger partial charge on any atom is -0.490 e. The first kappa shape index (κ1) is 20.5. The number of ether oxygens (including phenoxy) is 2. The number of aromatic nitrogens is 2. The molecule has 152 valence electrons. The minimum atomic E-state index is -0.136. The van der Waals surface area contributed by atoms with Crippen LogP contribution in [0.1, 0.15) is 19.7 Å². The summed E-state index contributed by atoms with van der Waals surface area (Å²) >= 11 is 0. The molecule has 1 amide bonds. The van der Waals surface area contributed by atoms with Gasteiger partial charge in [-0.2, -0.15) is 0 Å². The summed E-state index contributed by atoms with van der Waals surface area (Å²) < 4.78 is 13.8. The van der Waals surface area contributed by atoms with E-state index in [0.717, 1.165) is 28.4 Å². The van der Waals surface area contributed by atoms with E-state index >= 15 is 0 Å². The van der Waals surface area contributed by atoms with Gasteiger partial charge in [0.25, 0.3) is 0 Å². The Labute approximate surface area is 171 Å². The Kier molecular flexibility index (Phi) is 6.89. The van der Waals surface area contributed by atoms with Gasteiger partial charge in [0.15, 0.2) is 11.5 Å². The number of rotatable bonds is 10. The zero-order valence-electron chi connectivity index (χ0n) is 17.0. The largest absolute Gasteiger partial charge is 0.490 e. The first-order valence-electron chi connectivity index (χ1n) is 9.82. The normalized spacial score (nSPS) is 10.7. The molecule has 0 saturated carbocycles. The Morgan fingerprint density at radius 2 is 1.79 bits per heavy atom. The van der Waals surface area contributed by atoms with E-state index in [1.165, 1.54) is 0 Å². The average Bonchev–Trinajstić information content (AvgIpc) is 3.07. The van der Waals surface area contributed by atoms with Crippen molar-refractivity contribution in [3.63, 3.8) is 0 Å². The molecule has 6 heteroatoms. The highest BCUT2D eigenvalue weighted by molar-refractivity contribution is 5.92. The fourth-order valence-electron chi connectivity index (χ4n) is 3.10. The Morgan fingerprint density at radius 3 is 2.52 bits per heavy atom. The van der Waals surface area contributed by atoms with Crippen LogP contribution in [0.25, 0.3) is 11.0 Å². The van der Waals surface area contributed by atoms with Gasteiger partial charge < -0.3 is 19.4 Å².